The van der Waals surface area contributed by atoms with Crippen molar-refractivity contribution in [1.82, 2.24) is 5.32 Å². The summed E-state index contributed by atoms with van der Waals surface area (Å²) < 4.78 is 0. The maximum Gasteiger partial charge on any atom is 0.251 e. The molecular weight excluding hydrogens is 218 g/mol. The maximum absolute atomic E-state index is 11.8. The van der Waals surface area contributed by atoms with Crippen molar-refractivity contribution in [2.45, 2.75) is 25.9 Å². The SMILES string of the molecule is Cc1cc(C(=O)NCC2CC(O)C2)ccc1O. The van der Waals surface area contributed by atoms with E-state index in [-0.39, 0.29) is 17.8 Å². The van der Waals surface area contributed by atoms with Gasteiger partial charge >= 0.3 is 0 Å². The molecule has 92 valence electrons. The van der Waals surface area contributed by atoms with Crippen LogP contribution >= 0.6 is 0 Å². The highest BCUT2D eigenvalue weighted by atomic mass is 16.3. The van der Waals surface area contributed by atoms with E-state index < -0.39 is 0 Å². The highest BCUT2D eigenvalue weighted by Crippen LogP contribution is 2.26. The zero-order chi connectivity index (χ0) is 12.4. The van der Waals surface area contributed by atoms with Gasteiger partial charge in [0.05, 0.1) is 6.10 Å². The van der Waals surface area contributed by atoms with Gasteiger partial charge in [-0.05, 0) is 49.4 Å². The van der Waals surface area contributed by atoms with Gasteiger partial charge in [-0.25, -0.2) is 0 Å². The van der Waals surface area contributed by atoms with Gasteiger partial charge in [0.25, 0.3) is 5.91 Å². The van der Waals surface area contributed by atoms with Crippen molar-refractivity contribution < 1.29 is 15.0 Å². The molecule has 0 atom stereocenters. The predicted octanol–water partition coefficient (Wildman–Crippen LogP) is 1.20. The molecule has 0 spiro atoms. The Morgan fingerprint density at radius 1 is 1.47 bits per heavy atom. The minimum atomic E-state index is -0.187. The third-order valence-electron chi connectivity index (χ3n) is 3.22. The predicted molar refractivity (Wildman–Crippen MR) is 63.9 cm³/mol. The van der Waals surface area contributed by atoms with E-state index in [0.29, 0.717) is 23.6 Å². The van der Waals surface area contributed by atoms with Crippen molar-refractivity contribution in [2.75, 3.05) is 6.54 Å². The van der Waals surface area contributed by atoms with Crippen molar-refractivity contribution in [3.63, 3.8) is 0 Å². The summed E-state index contributed by atoms with van der Waals surface area (Å²) in [6.45, 7) is 2.37. The Kier molecular flexibility index (Phi) is 3.33. The lowest BCUT2D eigenvalue weighted by Crippen LogP contribution is -2.38. The van der Waals surface area contributed by atoms with E-state index in [0.717, 1.165) is 12.8 Å². The highest BCUT2D eigenvalue weighted by Gasteiger charge is 2.27. The third kappa shape index (κ3) is 2.77. The monoisotopic (exact) mass is 235 g/mol. The van der Waals surface area contributed by atoms with Crippen LogP contribution in [0.5, 0.6) is 5.75 Å². The summed E-state index contributed by atoms with van der Waals surface area (Å²) in [6.07, 6.45) is 1.36. The number of phenols is 1. The fourth-order valence-corrected chi connectivity index (χ4v) is 2.00. The van der Waals surface area contributed by atoms with E-state index in [2.05, 4.69) is 5.32 Å². The molecule has 4 nitrogen and oxygen atoms in total. The van der Waals surface area contributed by atoms with Gasteiger partial charge in [-0.3, -0.25) is 4.79 Å². The first-order valence-corrected chi connectivity index (χ1v) is 5.82. The summed E-state index contributed by atoms with van der Waals surface area (Å²) in [5.41, 5.74) is 1.25. The van der Waals surface area contributed by atoms with Gasteiger partial charge in [-0.15, -0.1) is 0 Å². The molecule has 1 aromatic rings. The minimum absolute atomic E-state index is 0.130. The second-order valence-electron chi connectivity index (χ2n) is 4.70. The average Bonchev–Trinajstić information content (AvgIpc) is 2.26. The quantitative estimate of drug-likeness (QED) is 0.737. The van der Waals surface area contributed by atoms with E-state index in [4.69, 9.17) is 5.11 Å². The molecule has 1 fully saturated rings. The van der Waals surface area contributed by atoms with E-state index in [1.165, 1.54) is 6.07 Å². The van der Waals surface area contributed by atoms with Crippen molar-refractivity contribution in [2.24, 2.45) is 5.92 Å². The molecule has 17 heavy (non-hydrogen) atoms. The van der Waals surface area contributed by atoms with Crippen LogP contribution in [0.25, 0.3) is 0 Å². The molecule has 0 aromatic heterocycles. The van der Waals surface area contributed by atoms with Gasteiger partial charge in [0.1, 0.15) is 5.75 Å². The van der Waals surface area contributed by atoms with Crippen LogP contribution in [0, 0.1) is 12.8 Å². The van der Waals surface area contributed by atoms with Crippen LogP contribution in [-0.4, -0.2) is 28.8 Å². The number of rotatable bonds is 3. The molecule has 1 aromatic carbocycles. The van der Waals surface area contributed by atoms with E-state index in [9.17, 15) is 9.90 Å². The van der Waals surface area contributed by atoms with Crippen LogP contribution in [0.15, 0.2) is 18.2 Å². The van der Waals surface area contributed by atoms with Gasteiger partial charge in [0, 0.05) is 12.1 Å². The molecule has 0 aliphatic heterocycles. The molecule has 1 saturated carbocycles. The Balaban J connectivity index is 1.88. The Labute approximate surface area is 100 Å². The van der Waals surface area contributed by atoms with Gasteiger partial charge in [-0.2, -0.15) is 0 Å². The molecule has 0 unspecified atom stereocenters. The molecule has 2 rings (SSSR count). The lowest BCUT2D eigenvalue weighted by Gasteiger charge is -2.31. The number of aryl methyl sites for hydroxylation is 1. The lowest BCUT2D eigenvalue weighted by molar-refractivity contribution is 0.0420. The summed E-state index contributed by atoms with van der Waals surface area (Å²) in [5.74, 6) is 0.463. The number of carbonyl (C=O) groups excluding carboxylic acids is 1. The normalized spacial score (nSPS) is 22.9. The molecule has 1 aliphatic carbocycles. The minimum Gasteiger partial charge on any atom is -0.508 e. The Bertz CT molecular complexity index is 425. The second-order valence-corrected chi connectivity index (χ2v) is 4.70. The molecule has 0 saturated heterocycles. The number of carbonyl (C=O) groups is 1. The van der Waals surface area contributed by atoms with E-state index in [1.54, 1.807) is 19.1 Å². The molecule has 3 N–H and O–H groups in total. The molecule has 1 amide bonds. The number of hydrogen-bond acceptors (Lipinski definition) is 3. The molecule has 1 aliphatic rings. The van der Waals surface area contributed by atoms with E-state index >= 15 is 0 Å². The number of nitrogens with one attached hydrogen (secondary N) is 1. The van der Waals surface area contributed by atoms with Crippen molar-refractivity contribution in [3.8, 4) is 5.75 Å². The van der Waals surface area contributed by atoms with Gasteiger partial charge < -0.3 is 15.5 Å². The maximum atomic E-state index is 11.8. The summed E-state index contributed by atoms with van der Waals surface area (Å²) in [7, 11) is 0. The summed E-state index contributed by atoms with van der Waals surface area (Å²) in [5, 5.41) is 21.3. The number of aliphatic hydroxyl groups excluding tert-OH is 1. The van der Waals surface area contributed by atoms with E-state index in [1.807, 2.05) is 0 Å². The molecule has 0 radical (unpaired) electrons. The Hall–Kier alpha value is -1.55. The van der Waals surface area contributed by atoms with Gasteiger partial charge in [0.15, 0.2) is 0 Å². The van der Waals surface area contributed by atoms with Gasteiger partial charge in [-0.1, -0.05) is 0 Å². The van der Waals surface area contributed by atoms with Crippen LogP contribution in [-0.2, 0) is 0 Å². The Morgan fingerprint density at radius 2 is 2.18 bits per heavy atom. The summed E-state index contributed by atoms with van der Waals surface area (Å²) in [6, 6.07) is 4.80. The number of benzene rings is 1. The zero-order valence-corrected chi connectivity index (χ0v) is 9.81. The topological polar surface area (TPSA) is 69.6 Å². The number of amides is 1. The number of phenolic OH excluding ortho intramolecular Hbond substituents is 1. The lowest BCUT2D eigenvalue weighted by atomic mass is 9.82. The first-order valence-electron chi connectivity index (χ1n) is 5.82. The standard InChI is InChI=1S/C13H17NO3/c1-8-4-10(2-3-12(8)16)13(17)14-7-9-5-11(15)6-9/h2-4,9,11,15-16H,5-7H2,1H3,(H,14,17). The van der Waals surface area contributed by atoms with Crippen LogP contribution in [0.2, 0.25) is 0 Å². The first kappa shape index (κ1) is 11.9. The first-order chi connectivity index (χ1) is 8.06. The van der Waals surface area contributed by atoms with Gasteiger partial charge in [0.2, 0.25) is 0 Å². The fraction of sp³-hybridized carbons (Fsp3) is 0.462. The van der Waals surface area contributed by atoms with Crippen molar-refractivity contribution in [3.05, 3.63) is 29.3 Å². The smallest absolute Gasteiger partial charge is 0.251 e. The fourth-order valence-electron chi connectivity index (χ4n) is 2.00. The average molecular weight is 235 g/mol. The van der Waals surface area contributed by atoms with Crippen molar-refractivity contribution in [1.29, 1.82) is 0 Å². The second kappa shape index (κ2) is 4.75. The van der Waals surface area contributed by atoms with Crippen molar-refractivity contribution >= 4 is 5.91 Å². The summed E-state index contributed by atoms with van der Waals surface area (Å²) in [4.78, 5) is 11.8. The highest BCUT2D eigenvalue weighted by molar-refractivity contribution is 5.94. The largest absolute Gasteiger partial charge is 0.508 e. The third-order valence-corrected chi connectivity index (χ3v) is 3.22. The van der Waals surface area contributed by atoms with Crippen LogP contribution < -0.4 is 5.32 Å². The zero-order valence-electron chi connectivity index (χ0n) is 9.81. The van der Waals surface area contributed by atoms with Crippen LogP contribution in [0.3, 0.4) is 0 Å². The molecule has 4 heteroatoms. The van der Waals surface area contributed by atoms with Crippen LogP contribution in [0.4, 0.5) is 0 Å². The number of aromatic hydroxyl groups is 1. The summed E-state index contributed by atoms with van der Waals surface area (Å²) >= 11 is 0. The molecule has 0 bridgehead atoms. The molecule has 0 heterocycles. The molecular formula is C13H17NO3. The number of hydrogen-bond donors (Lipinski definition) is 3. The van der Waals surface area contributed by atoms with Crippen LogP contribution in [0.1, 0.15) is 28.8 Å². The number of aliphatic hydroxyl groups is 1. The Morgan fingerprint density at radius 3 is 2.76 bits per heavy atom.